The molecular weight excluding hydrogens is 330 g/mol. The topological polar surface area (TPSA) is 91.0 Å². The fourth-order valence-corrected chi connectivity index (χ4v) is 3.82. The van der Waals surface area contributed by atoms with Gasteiger partial charge in [-0.15, -0.1) is 0 Å². The van der Waals surface area contributed by atoms with Gasteiger partial charge >= 0.3 is 0 Å². The number of carbonyl (C=O) groups is 2. The summed E-state index contributed by atoms with van der Waals surface area (Å²) in [6, 6.07) is -0.412. The summed E-state index contributed by atoms with van der Waals surface area (Å²) in [5, 5.41) is 3.00. The SMILES string of the molecule is O=C(N[C@@H](C(=O)N1CCCC1)C1CC1)c1c[nH]c2ncc(C3CC3)nc12. The van der Waals surface area contributed by atoms with Gasteiger partial charge in [0.25, 0.3) is 5.91 Å². The van der Waals surface area contributed by atoms with Gasteiger partial charge in [-0.05, 0) is 44.4 Å². The van der Waals surface area contributed by atoms with Crippen LogP contribution in [-0.2, 0) is 4.79 Å². The molecule has 2 aromatic heterocycles. The molecule has 0 bridgehead atoms. The molecule has 2 N–H and O–H groups in total. The van der Waals surface area contributed by atoms with Gasteiger partial charge in [0.2, 0.25) is 5.91 Å². The Hall–Kier alpha value is -2.44. The summed E-state index contributed by atoms with van der Waals surface area (Å²) in [5.41, 5.74) is 2.66. The highest BCUT2D eigenvalue weighted by molar-refractivity contribution is 6.06. The van der Waals surface area contributed by atoms with Crippen LogP contribution < -0.4 is 5.32 Å². The van der Waals surface area contributed by atoms with Crippen LogP contribution in [0.4, 0.5) is 0 Å². The summed E-state index contributed by atoms with van der Waals surface area (Å²) in [5.74, 6) is 0.588. The molecule has 2 aliphatic carbocycles. The summed E-state index contributed by atoms with van der Waals surface area (Å²) in [6.45, 7) is 1.61. The summed E-state index contributed by atoms with van der Waals surface area (Å²) in [7, 11) is 0. The lowest BCUT2D eigenvalue weighted by atomic mass is 10.1. The molecule has 2 aromatic rings. The molecule has 26 heavy (non-hydrogen) atoms. The van der Waals surface area contributed by atoms with Crippen molar-refractivity contribution < 1.29 is 9.59 Å². The van der Waals surface area contributed by atoms with Crippen LogP contribution in [0.5, 0.6) is 0 Å². The van der Waals surface area contributed by atoms with Crippen LogP contribution >= 0.6 is 0 Å². The van der Waals surface area contributed by atoms with E-state index in [-0.39, 0.29) is 17.7 Å². The maximum atomic E-state index is 12.9. The van der Waals surface area contributed by atoms with E-state index in [9.17, 15) is 9.59 Å². The van der Waals surface area contributed by atoms with Crippen molar-refractivity contribution in [3.05, 3.63) is 23.7 Å². The maximum absolute atomic E-state index is 12.9. The first-order chi connectivity index (χ1) is 12.7. The van der Waals surface area contributed by atoms with E-state index in [2.05, 4.69) is 20.3 Å². The molecular formula is C19H23N5O2. The third-order valence-electron chi connectivity index (χ3n) is 5.70. The molecule has 3 heterocycles. The maximum Gasteiger partial charge on any atom is 0.255 e. The lowest BCUT2D eigenvalue weighted by molar-refractivity contribution is -0.132. The molecule has 1 aliphatic heterocycles. The quantitative estimate of drug-likeness (QED) is 0.860. The molecule has 2 saturated carbocycles. The molecule has 1 atom stereocenters. The number of amides is 2. The van der Waals surface area contributed by atoms with Gasteiger partial charge in [-0.25, -0.2) is 9.97 Å². The minimum absolute atomic E-state index is 0.0722. The van der Waals surface area contributed by atoms with Crippen molar-refractivity contribution >= 4 is 23.0 Å². The van der Waals surface area contributed by atoms with Crippen molar-refractivity contribution in [2.45, 2.75) is 50.5 Å². The highest BCUT2D eigenvalue weighted by Crippen LogP contribution is 2.39. The van der Waals surface area contributed by atoms with Gasteiger partial charge in [-0.1, -0.05) is 0 Å². The number of fused-ring (bicyclic) bond motifs is 1. The number of carbonyl (C=O) groups excluding carboxylic acids is 2. The van der Waals surface area contributed by atoms with Crippen LogP contribution in [0.1, 0.15) is 60.5 Å². The van der Waals surface area contributed by atoms with Crippen LogP contribution in [0, 0.1) is 5.92 Å². The molecule has 1 saturated heterocycles. The Morgan fingerprint density at radius 1 is 1.19 bits per heavy atom. The van der Waals surface area contributed by atoms with E-state index in [1.807, 2.05) is 4.90 Å². The second kappa shape index (κ2) is 6.07. The fourth-order valence-electron chi connectivity index (χ4n) is 3.82. The van der Waals surface area contributed by atoms with Crippen LogP contribution in [0.25, 0.3) is 11.2 Å². The van der Waals surface area contributed by atoms with E-state index in [0.717, 1.165) is 57.3 Å². The van der Waals surface area contributed by atoms with Gasteiger partial charge in [0, 0.05) is 25.2 Å². The lowest BCUT2D eigenvalue weighted by Crippen LogP contribution is -2.49. The zero-order chi connectivity index (χ0) is 17.7. The van der Waals surface area contributed by atoms with Gasteiger partial charge in [0.1, 0.15) is 11.6 Å². The Bertz CT molecular complexity index is 862. The molecule has 7 nitrogen and oxygen atoms in total. The summed E-state index contributed by atoms with van der Waals surface area (Å²) in [4.78, 5) is 39.7. The van der Waals surface area contributed by atoms with Crippen LogP contribution in [-0.4, -0.2) is 50.8 Å². The Kier molecular flexibility index (Phi) is 3.69. The first kappa shape index (κ1) is 15.8. The van der Waals surface area contributed by atoms with Gasteiger partial charge in [-0.3, -0.25) is 9.59 Å². The van der Waals surface area contributed by atoms with Crippen molar-refractivity contribution in [3.63, 3.8) is 0 Å². The predicted octanol–water partition coefficient (Wildman–Crippen LogP) is 1.97. The third kappa shape index (κ3) is 2.85. The number of H-pyrrole nitrogens is 1. The number of hydrogen-bond donors (Lipinski definition) is 2. The minimum Gasteiger partial charge on any atom is -0.344 e. The van der Waals surface area contributed by atoms with Crippen molar-refractivity contribution in [1.82, 2.24) is 25.2 Å². The molecule has 2 amide bonds. The monoisotopic (exact) mass is 353 g/mol. The van der Waals surface area contributed by atoms with Crippen LogP contribution in [0.2, 0.25) is 0 Å². The van der Waals surface area contributed by atoms with E-state index < -0.39 is 6.04 Å². The number of aromatic nitrogens is 3. The lowest BCUT2D eigenvalue weighted by Gasteiger charge is -2.23. The highest BCUT2D eigenvalue weighted by atomic mass is 16.2. The Morgan fingerprint density at radius 2 is 1.96 bits per heavy atom. The molecule has 3 fully saturated rings. The average Bonchev–Trinajstić information content (AvgIpc) is 3.58. The zero-order valence-electron chi connectivity index (χ0n) is 14.7. The van der Waals surface area contributed by atoms with E-state index in [4.69, 9.17) is 0 Å². The second-order valence-electron chi connectivity index (χ2n) is 7.79. The molecule has 136 valence electrons. The number of nitrogens with one attached hydrogen (secondary N) is 2. The molecule has 3 aliphatic rings. The van der Waals surface area contributed by atoms with Crippen molar-refractivity contribution in [2.75, 3.05) is 13.1 Å². The molecule has 0 aromatic carbocycles. The van der Waals surface area contributed by atoms with E-state index in [0.29, 0.717) is 22.6 Å². The second-order valence-corrected chi connectivity index (χ2v) is 7.79. The van der Waals surface area contributed by atoms with Crippen LogP contribution in [0.3, 0.4) is 0 Å². The number of likely N-dealkylation sites (tertiary alicyclic amines) is 1. The first-order valence-electron chi connectivity index (χ1n) is 9.64. The van der Waals surface area contributed by atoms with Crippen molar-refractivity contribution in [1.29, 1.82) is 0 Å². The van der Waals surface area contributed by atoms with E-state index >= 15 is 0 Å². The third-order valence-corrected chi connectivity index (χ3v) is 5.70. The van der Waals surface area contributed by atoms with Gasteiger partial charge in [-0.2, -0.15) is 0 Å². The predicted molar refractivity (Wildman–Crippen MR) is 95.7 cm³/mol. The normalized spacial score (nSPS) is 21.2. The average molecular weight is 353 g/mol. The fraction of sp³-hybridized carbons (Fsp3) is 0.579. The number of aromatic amines is 1. The standard InChI is InChI=1S/C19H23N5O2/c25-18(23-15(12-5-6-12)19(26)24-7-1-2-8-24)13-9-20-17-16(13)22-14(10-21-17)11-3-4-11/h9-12,15H,1-8H2,(H,20,21)(H,23,25)/t15-/m1/s1. The van der Waals surface area contributed by atoms with E-state index in [1.165, 1.54) is 0 Å². The first-order valence-corrected chi connectivity index (χ1v) is 9.64. The van der Waals surface area contributed by atoms with Gasteiger partial charge < -0.3 is 15.2 Å². The molecule has 0 spiro atoms. The summed E-state index contributed by atoms with van der Waals surface area (Å²) in [6.07, 6.45) is 9.84. The zero-order valence-corrected chi connectivity index (χ0v) is 14.7. The highest BCUT2D eigenvalue weighted by Gasteiger charge is 2.40. The molecule has 0 radical (unpaired) electrons. The molecule has 5 rings (SSSR count). The number of nitrogens with zero attached hydrogens (tertiary/aromatic N) is 3. The van der Waals surface area contributed by atoms with Crippen molar-refractivity contribution in [3.8, 4) is 0 Å². The summed E-state index contributed by atoms with van der Waals surface area (Å²) >= 11 is 0. The van der Waals surface area contributed by atoms with E-state index in [1.54, 1.807) is 12.4 Å². The summed E-state index contributed by atoms with van der Waals surface area (Å²) < 4.78 is 0. The largest absolute Gasteiger partial charge is 0.344 e. The minimum atomic E-state index is -0.412. The molecule has 7 heteroatoms. The van der Waals surface area contributed by atoms with Crippen molar-refractivity contribution in [2.24, 2.45) is 5.92 Å². The van der Waals surface area contributed by atoms with Gasteiger partial charge in [0.05, 0.1) is 17.5 Å². The number of rotatable bonds is 5. The smallest absolute Gasteiger partial charge is 0.255 e. The van der Waals surface area contributed by atoms with Gasteiger partial charge in [0.15, 0.2) is 5.65 Å². The Labute approximate surface area is 151 Å². The van der Waals surface area contributed by atoms with Crippen LogP contribution in [0.15, 0.2) is 12.4 Å². The molecule has 0 unspecified atom stereocenters. The Balaban J connectivity index is 1.39. The number of hydrogen-bond acceptors (Lipinski definition) is 4. The Morgan fingerprint density at radius 3 is 2.65 bits per heavy atom.